The Balaban J connectivity index is 2.65. The average molecular weight is 181 g/mol. The number of pyridine rings is 1. The normalized spacial score (nSPS) is 12.2. The number of carbonyl (C=O) groups excluding carboxylic acids is 1. The maximum absolute atomic E-state index is 10.9. The zero-order valence-corrected chi connectivity index (χ0v) is 7.52. The second kappa shape index (κ2) is 4.00. The van der Waals surface area contributed by atoms with Gasteiger partial charge in [0, 0.05) is 5.69 Å². The van der Waals surface area contributed by atoms with Crippen molar-refractivity contribution < 1.29 is 14.6 Å². The van der Waals surface area contributed by atoms with Crippen LogP contribution < -0.4 is 4.74 Å². The van der Waals surface area contributed by atoms with E-state index in [-0.39, 0.29) is 0 Å². The molecular weight excluding hydrogens is 170 g/mol. The third kappa shape index (κ3) is 2.83. The third-order valence-corrected chi connectivity index (χ3v) is 1.44. The predicted octanol–water partition coefficient (Wildman–Crippen LogP) is 0.676. The van der Waals surface area contributed by atoms with E-state index in [4.69, 9.17) is 9.84 Å². The van der Waals surface area contributed by atoms with Gasteiger partial charge in [-0.15, -0.1) is 0 Å². The van der Waals surface area contributed by atoms with Crippen LogP contribution in [0.1, 0.15) is 12.6 Å². The summed E-state index contributed by atoms with van der Waals surface area (Å²) in [5, 5.41) is 8.84. The molecule has 1 aromatic rings. The SMILES string of the molecule is Cc1ccc(OC(=O)[C@H](C)O)cn1. The van der Waals surface area contributed by atoms with E-state index in [0.29, 0.717) is 5.75 Å². The van der Waals surface area contributed by atoms with Gasteiger partial charge in [0.1, 0.15) is 11.9 Å². The quantitative estimate of drug-likeness (QED) is 0.681. The number of aliphatic hydroxyl groups is 1. The van der Waals surface area contributed by atoms with Crippen LogP contribution in [0.5, 0.6) is 5.75 Å². The molecule has 0 amide bonds. The highest BCUT2D eigenvalue weighted by Crippen LogP contribution is 2.09. The van der Waals surface area contributed by atoms with E-state index < -0.39 is 12.1 Å². The first-order valence-corrected chi connectivity index (χ1v) is 3.92. The summed E-state index contributed by atoms with van der Waals surface area (Å²) in [5.41, 5.74) is 0.844. The number of hydrogen-bond donors (Lipinski definition) is 1. The summed E-state index contributed by atoms with van der Waals surface area (Å²) in [5.74, 6) is -0.331. The number of hydrogen-bond acceptors (Lipinski definition) is 4. The lowest BCUT2D eigenvalue weighted by Gasteiger charge is -2.04. The minimum atomic E-state index is -1.11. The van der Waals surface area contributed by atoms with Crippen molar-refractivity contribution >= 4 is 5.97 Å². The van der Waals surface area contributed by atoms with Crippen LogP contribution in [0.3, 0.4) is 0 Å². The summed E-state index contributed by atoms with van der Waals surface area (Å²) in [6.07, 6.45) is 0.330. The molecule has 4 nitrogen and oxygen atoms in total. The van der Waals surface area contributed by atoms with Crippen molar-refractivity contribution in [2.75, 3.05) is 0 Å². The lowest BCUT2D eigenvalue weighted by molar-refractivity contribution is -0.142. The zero-order chi connectivity index (χ0) is 9.84. The summed E-state index contributed by atoms with van der Waals surface area (Å²) in [4.78, 5) is 14.8. The van der Waals surface area contributed by atoms with Crippen molar-refractivity contribution in [3.63, 3.8) is 0 Å². The van der Waals surface area contributed by atoms with Gasteiger partial charge in [0.25, 0.3) is 0 Å². The van der Waals surface area contributed by atoms with Gasteiger partial charge in [-0.05, 0) is 26.0 Å². The number of aryl methyl sites for hydroxylation is 1. The number of carbonyl (C=O) groups is 1. The van der Waals surface area contributed by atoms with Gasteiger partial charge in [0.2, 0.25) is 0 Å². The Labute approximate surface area is 76.2 Å². The zero-order valence-electron chi connectivity index (χ0n) is 7.52. The Hall–Kier alpha value is -1.42. The Morgan fingerprint density at radius 1 is 1.62 bits per heavy atom. The maximum atomic E-state index is 10.9. The summed E-state index contributed by atoms with van der Waals surface area (Å²) >= 11 is 0. The Bertz CT molecular complexity index is 292. The van der Waals surface area contributed by atoms with Crippen molar-refractivity contribution in [2.24, 2.45) is 0 Å². The smallest absolute Gasteiger partial charge is 0.340 e. The number of aliphatic hydroxyl groups excluding tert-OH is 1. The van der Waals surface area contributed by atoms with Crippen molar-refractivity contribution in [1.29, 1.82) is 0 Å². The van der Waals surface area contributed by atoms with Gasteiger partial charge < -0.3 is 9.84 Å². The van der Waals surface area contributed by atoms with E-state index >= 15 is 0 Å². The third-order valence-electron chi connectivity index (χ3n) is 1.44. The van der Waals surface area contributed by atoms with Gasteiger partial charge in [0.15, 0.2) is 0 Å². The first-order chi connectivity index (χ1) is 6.09. The minimum Gasteiger partial charge on any atom is -0.423 e. The molecule has 0 unspecified atom stereocenters. The first-order valence-electron chi connectivity index (χ1n) is 3.92. The maximum Gasteiger partial charge on any atom is 0.340 e. The second-order valence-corrected chi connectivity index (χ2v) is 2.73. The largest absolute Gasteiger partial charge is 0.423 e. The van der Waals surface area contributed by atoms with Crippen LogP contribution in [0.25, 0.3) is 0 Å². The lowest BCUT2D eigenvalue weighted by Crippen LogP contribution is -2.22. The molecule has 70 valence electrons. The van der Waals surface area contributed by atoms with Crippen molar-refractivity contribution in [2.45, 2.75) is 20.0 Å². The molecule has 0 fully saturated rings. The molecule has 1 atom stereocenters. The molecule has 0 saturated carbocycles. The van der Waals surface area contributed by atoms with E-state index in [1.165, 1.54) is 13.1 Å². The molecule has 13 heavy (non-hydrogen) atoms. The molecule has 1 aromatic heterocycles. The van der Waals surface area contributed by atoms with E-state index in [9.17, 15) is 4.79 Å². The van der Waals surface area contributed by atoms with Gasteiger partial charge in [-0.3, -0.25) is 4.98 Å². The van der Waals surface area contributed by atoms with Crippen LogP contribution in [-0.4, -0.2) is 22.2 Å². The van der Waals surface area contributed by atoms with Crippen molar-refractivity contribution in [1.82, 2.24) is 4.98 Å². The molecule has 0 bridgehead atoms. The van der Waals surface area contributed by atoms with Gasteiger partial charge in [-0.2, -0.15) is 0 Å². The topological polar surface area (TPSA) is 59.4 Å². The second-order valence-electron chi connectivity index (χ2n) is 2.73. The van der Waals surface area contributed by atoms with Crippen LogP contribution >= 0.6 is 0 Å². The number of aromatic nitrogens is 1. The van der Waals surface area contributed by atoms with E-state index in [1.54, 1.807) is 12.1 Å². The molecule has 1 heterocycles. The van der Waals surface area contributed by atoms with Gasteiger partial charge in [-0.1, -0.05) is 0 Å². The number of rotatable bonds is 2. The standard InChI is InChI=1S/C9H11NO3/c1-6-3-4-8(5-10-6)13-9(12)7(2)11/h3-5,7,11H,1-2H3/t7-/m0/s1. The minimum absolute atomic E-state index is 0.344. The Kier molecular flexibility index (Phi) is 2.97. The van der Waals surface area contributed by atoms with Crippen LogP contribution in [0, 0.1) is 6.92 Å². The van der Waals surface area contributed by atoms with Gasteiger partial charge in [0.05, 0.1) is 6.20 Å². The van der Waals surface area contributed by atoms with Crippen LogP contribution in [-0.2, 0) is 4.79 Å². The molecule has 1 N–H and O–H groups in total. The summed E-state index contributed by atoms with van der Waals surface area (Å²) in [7, 11) is 0. The predicted molar refractivity (Wildman–Crippen MR) is 46.3 cm³/mol. The van der Waals surface area contributed by atoms with Gasteiger partial charge >= 0.3 is 5.97 Å². The summed E-state index contributed by atoms with van der Waals surface area (Å²) < 4.78 is 4.78. The van der Waals surface area contributed by atoms with E-state index in [1.807, 2.05) is 6.92 Å². The van der Waals surface area contributed by atoms with Crippen LogP contribution in [0.4, 0.5) is 0 Å². The highest BCUT2D eigenvalue weighted by molar-refractivity contribution is 5.76. The fourth-order valence-corrected chi connectivity index (χ4v) is 0.716. The van der Waals surface area contributed by atoms with Crippen molar-refractivity contribution in [3.8, 4) is 5.75 Å². The highest BCUT2D eigenvalue weighted by atomic mass is 16.5. The molecule has 0 aliphatic heterocycles. The van der Waals surface area contributed by atoms with Crippen LogP contribution in [0.2, 0.25) is 0 Å². The lowest BCUT2D eigenvalue weighted by atomic mass is 10.3. The van der Waals surface area contributed by atoms with Crippen molar-refractivity contribution in [3.05, 3.63) is 24.0 Å². The van der Waals surface area contributed by atoms with E-state index in [0.717, 1.165) is 5.69 Å². The van der Waals surface area contributed by atoms with Gasteiger partial charge in [-0.25, -0.2) is 4.79 Å². The molecule has 0 aliphatic rings. The number of ether oxygens (including phenoxy) is 1. The Morgan fingerprint density at radius 2 is 2.31 bits per heavy atom. The molecular formula is C9H11NO3. The molecule has 0 aromatic carbocycles. The summed E-state index contributed by atoms with van der Waals surface area (Å²) in [6, 6.07) is 3.35. The summed E-state index contributed by atoms with van der Waals surface area (Å²) in [6.45, 7) is 3.18. The molecule has 0 spiro atoms. The molecule has 0 radical (unpaired) electrons. The van der Waals surface area contributed by atoms with Crippen LogP contribution in [0.15, 0.2) is 18.3 Å². The number of nitrogens with zero attached hydrogens (tertiary/aromatic N) is 1. The fourth-order valence-electron chi connectivity index (χ4n) is 0.716. The monoisotopic (exact) mass is 181 g/mol. The fraction of sp³-hybridized carbons (Fsp3) is 0.333. The molecule has 4 heteroatoms. The number of esters is 1. The highest BCUT2D eigenvalue weighted by Gasteiger charge is 2.10. The first kappa shape index (κ1) is 9.67. The Morgan fingerprint density at radius 3 is 2.77 bits per heavy atom. The average Bonchev–Trinajstić information content (AvgIpc) is 2.08. The molecule has 0 aliphatic carbocycles. The molecule has 1 rings (SSSR count). The van der Waals surface area contributed by atoms with E-state index in [2.05, 4.69) is 4.98 Å². The molecule has 0 saturated heterocycles.